The van der Waals surface area contributed by atoms with Crippen molar-refractivity contribution >= 4 is 11.8 Å². The molecule has 0 aromatic rings. The molecule has 0 aromatic heterocycles. The van der Waals surface area contributed by atoms with Gasteiger partial charge in [0.2, 0.25) is 11.8 Å². The summed E-state index contributed by atoms with van der Waals surface area (Å²) < 4.78 is 11.2. The molecule has 2 amide bonds. The van der Waals surface area contributed by atoms with Gasteiger partial charge in [0.05, 0.1) is 12.7 Å². The van der Waals surface area contributed by atoms with Crippen LogP contribution < -0.4 is 10.6 Å². The van der Waals surface area contributed by atoms with Crippen LogP contribution in [0.3, 0.4) is 0 Å². The van der Waals surface area contributed by atoms with E-state index in [1.54, 1.807) is 0 Å². The quantitative estimate of drug-likeness (QED) is 0.143. The van der Waals surface area contributed by atoms with Crippen molar-refractivity contribution in [1.82, 2.24) is 10.6 Å². The van der Waals surface area contributed by atoms with Crippen LogP contribution in [0.15, 0.2) is 0 Å². The van der Waals surface area contributed by atoms with Gasteiger partial charge in [0.15, 0.2) is 6.29 Å². The first kappa shape index (κ1) is 31.7. The van der Waals surface area contributed by atoms with E-state index in [4.69, 9.17) is 9.47 Å². The minimum atomic E-state index is -1.57. The Hall–Kier alpha value is -1.30. The molecule has 6 N–H and O–H groups in total. The summed E-state index contributed by atoms with van der Waals surface area (Å²) in [4.78, 5) is 24.5. The van der Waals surface area contributed by atoms with Gasteiger partial charge in [-0.25, -0.2) is 0 Å². The number of amides is 2. The Kier molecular flexibility index (Phi) is 17.1. The molecule has 1 saturated heterocycles. The molecule has 0 radical (unpaired) electrons. The van der Waals surface area contributed by atoms with Gasteiger partial charge in [-0.05, 0) is 12.8 Å². The average molecular weight is 505 g/mol. The van der Waals surface area contributed by atoms with Gasteiger partial charge in [0, 0.05) is 25.9 Å². The summed E-state index contributed by atoms with van der Waals surface area (Å²) in [6.45, 7) is 3.83. The number of ether oxygens (including phenoxy) is 2. The molecular weight excluding hydrogens is 456 g/mol. The Morgan fingerprint density at radius 3 is 1.71 bits per heavy atom. The Bertz CT molecular complexity index is 548. The van der Waals surface area contributed by atoms with Gasteiger partial charge in [-0.3, -0.25) is 9.59 Å². The summed E-state index contributed by atoms with van der Waals surface area (Å²) in [5.41, 5.74) is 0. The van der Waals surface area contributed by atoms with Crippen LogP contribution in [0, 0.1) is 0 Å². The maximum absolute atomic E-state index is 12.3. The lowest BCUT2D eigenvalue weighted by atomic mass is 9.99. The number of nitrogens with one attached hydrogen (secondary N) is 2. The van der Waals surface area contributed by atoms with Crippen LogP contribution in [0.4, 0.5) is 0 Å². The zero-order chi connectivity index (χ0) is 26.1. The van der Waals surface area contributed by atoms with E-state index in [9.17, 15) is 30.0 Å². The normalized spacial score (nSPS) is 24.5. The highest BCUT2D eigenvalue weighted by Crippen LogP contribution is 2.23. The predicted octanol–water partition coefficient (Wildman–Crippen LogP) is 1.12. The molecule has 0 bridgehead atoms. The third kappa shape index (κ3) is 13.0. The number of carbonyl (C=O) groups is 2. The van der Waals surface area contributed by atoms with Crippen molar-refractivity contribution in [2.24, 2.45) is 0 Å². The first-order valence-corrected chi connectivity index (χ1v) is 13.3. The summed E-state index contributed by atoms with van der Waals surface area (Å²) in [5, 5.41) is 45.3. The number of rotatable bonds is 19. The standard InChI is InChI=1S/C25H48N2O8/c1-3-5-7-9-11-13-20(29)26-15-18(16-27-21(30)14-12-10-8-6-4-2)34-25-24(33)23(32)22(31)19(17-28)35-25/h18-19,22-25,28,31-33H,3-17H2,1-2H3,(H,26,29)(H,27,30)/t19-,22-,23+,24-,25-/m1/s1. The zero-order valence-electron chi connectivity index (χ0n) is 21.5. The Morgan fingerprint density at radius 1 is 0.771 bits per heavy atom. The number of hydrogen-bond acceptors (Lipinski definition) is 8. The van der Waals surface area contributed by atoms with Gasteiger partial charge < -0.3 is 40.5 Å². The molecule has 10 nitrogen and oxygen atoms in total. The highest BCUT2D eigenvalue weighted by Gasteiger charge is 2.44. The van der Waals surface area contributed by atoms with Gasteiger partial charge in [0.25, 0.3) is 0 Å². The summed E-state index contributed by atoms with van der Waals surface area (Å²) in [5.74, 6) is -0.266. The van der Waals surface area contributed by atoms with Crippen LogP contribution in [0.25, 0.3) is 0 Å². The molecular formula is C25H48N2O8. The van der Waals surface area contributed by atoms with E-state index in [1.165, 1.54) is 0 Å². The molecule has 0 spiro atoms. The van der Waals surface area contributed by atoms with Crippen LogP contribution in [0.2, 0.25) is 0 Å². The molecule has 0 unspecified atom stereocenters. The van der Waals surface area contributed by atoms with Crippen molar-refractivity contribution in [1.29, 1.82) is 0 Å². The Balaban J connectivity index is 2.60. The van der Waals surface area contributed by atoms with Crippen molar-refractivity contribution in [3.8, 4) is 0 Å². The fraction of sp³-hybridized carbons (Fsp3) is 0.920. The lowest BCUT2D eigenvalue weighted by molar-refractivity contribution is -0.310. The molecule has 1 aliphatic heterocycles. The van der Waals surface area contributed by atoms with Gasteiger partial charge in [0.1, 0.15) is 24.4 Å². The predicted molar refractivity (Wildman–Crippen MR) is 131 cm³/mol. The van der Waals surface area contributed by atoms with Crippen LogP contribution in [0.5, 0.6) is 0 Å². The molecule has 10 heteroatoms. The lowest BCUT2D eigenvalue weighted by Crippen LogP contribution is -2.60. The van der Waals surface area contributed by atoms with Crippen LogP contribution in [-0.2, 0) is 19.1 Å². The minimum Gasteiger partial charge on any atom is -0.394 e. The molecule has 5 atom stereocenters. The van der Waals surface area contributed by atoms with E-state index in [2.05, 4.69) is 24.5 Å². The third-order valence-electron chi connectivity index (χ3n) is 6.24. The van der Waals surface area contributed by atoms with E-state index in [0.29, 0.717) is 12.8 Å². The second-order valence-corrected chi connectivity index (χ2v) is 9.39. The molecule has 1 heterocycles. The second kappa shape index (κ2) is 18.9. The maximum atomic E-state index is 12.3. The molecule has 206 valence electrons. The highest BCUT2D eigenvalue weighted by molar-refractivity contribution is 5.76. The largest absolute Gasteiger partial charge is 0.394 e. The smallest absolute Gasteiger partial charge is 0.220 e. The van der Waals surface area contributed by atoms with E-state index in [0.717, 1.165) is 64.2 Å². The fourth-order valence-electron chi connectivity index (χ4n) is 3.95. The van der Waals surface area contributed by atoms with Gasteiger partial charge in [-0.2, -0.15) is 0 Å². The van der Waals surface area contributed by atoms with Crippen LogP contribution in [0.1, 0.15) is 90.9 Å². The van der Waals surface area contributed by atoms with E-state index >= 15 is 0 Å². The molecule has 35 heavy (non-hydrogen) atoms. The number of aliphatic hydroxyl groups excluding tert-OH is 4. The summed E-state index contributed by atoms with van der Waals surface area (Å²) in [7, 11) is 0. The van der Waals surface area contributed by atoms with Crippen LogP contribution in [-0.4, -0.2) is 88.7 Å². The maximum Gasteiger partial charge on any atom is 0.220 e. The van der Waals surface area contributed by atoms with Gasteiger partial charge in [-0.1, -0.05) is 65.2 Å². The Morgan fingerprint density at radius 2 is 1.26 bits per heavy atom. The third-order valence-corrected chi connectivity index (χ3v) is 6.24. The topological polar surface area (TPSA) is 158 Å². The van der Waals surface area contributed by atoms with Gasteiger partial charge >= 0.3 is 0 Å². The van der Waals surface area contributed by atoms with Gasteiger partial charge in [-0.15, -0.1) is 0 Å². The number of aliphatic hydroxyl groups is 4. The summed E-state index contributed by atoms with van der Waals surface area (Å²) >= 11 is 0. The van der Waals surface area contributed by atoms with Crippen molar-refractivity contribution < 1.29 is 39.5 Å². The Labute approximate surface area is 209 Å². The van der Waals surface area contributed by atoms with Crippen molar-refractivity contribution in [3.05, 3.63) is 0 Å². The first-order valence-electron chi connectivity index (χ1n) is 13.3. The van der Waals surface area contributed by atoms with Crippen LogP contribution >= 0.6 is 0 Å². The first-order chi connectivity index (χ1) is 16.8. The van der Waals surface area contributed by atoms with Crippen molar-refractivity contribution in [2.75, 3.05) is 19.7 Å². The number of unbranched alkanes of at least 4 members (excludes halogenated alkanes) is 8. The van der Waals surface area contributed by atoms with E-state index < -0.39 is 43.4 Å². The van der Waals surface area contributed by atoms with E-state index in [1.807, 2.05) is 0 Å². The number of hydrogen-bond donors (Lipinski definition) is 6. The molecule has 0 aromatic carbocycles. The second-order valence-electron chi connectivity index (χ2n) is 9.39. The monoisotopic (exact) mass is 504 g/mol. The van der Waals surface area contributed by atoms with Crippen molar-refractivity contribution in [3.63, 3.8) is 0 Å². The zero-order valence-corrected chi connectivity index (χ0v) is 21.5. The fourth-order valence-corrected chi connectivity index (χ4v) is 3.95. The molecule has 0 aliphatic carbocycles. The average Bonchev–Trinajstić information content (AvgIpc) is 2.85. The summed E-state index contributed by atoms with van der Waals surface area (Å²) in [6.07, 6.45) is 3.28. The minimum absolute atomic E-state index is 0.0690. The SMILES string of the molecule is CCCCCCCC(=O)NCC(CNC(=O)CCCCCCC)O[C@@H]1O[C@H](CO)[C@@H](O)[C@H](O)[C@H]1O. The molecule has 1 fully saturated rings. The highest BCUT2D eigenvalue weighted by atomic mass is 16.7. The lowest BCUT2D eigenvalue weighted by Gasteiger charge is -2.40. The molecule has 1 aliphatic rings. The summed E-state index contributed by atoms with van der Waals surface area (Å²) in [6, 6.07) is 0. The van der Waals surface area contributed by atoms with Crippen molar-refractivity contribution in [2.45, 2.75) is 128 Å². The molecule has 1 rings (SSSR count). The number of carbonyl (C=O) groups excluding carboxylic acids is 2. The molecule has 0 saturated carbocycles. The van der Waals surface area contributed by atoms with E-state index in [-0.39, 0.29) is 24.9 Å².